The lowest BCUT2D eigenvalue weighted by Gasteiger charge is -2.13. The molecule has 0 aliphatic carbocycles. The first-order chi connectivity index (χ1) is 16.4. The summed E-state index contributed by atoms with van der Waals surface area (Å²) in [5, 5.41) is 0.0987. The van der Waals surface area contributed by atoms with E-state index in [1.165, 1.54) is 0 Å². The lowest BCUT2D eigenvalue weighted by molar-refractivity contribution is -0.123. The molecule has 3 aromatic carbocycles. The van der Waals surface area contributed by atoms with Crippen LogP contribution in [0.4, 0.5) is 4.79 Å². The lowest BCUT2D eigenvalue weighted by Crippen LogP contribution is -2.32. The van der Waals surface area contributed by atoms with Crippen molar-refractivity contribution < 1.29 is 23.9 Å². The van der Waals surface area contributed by atoms with Crippen LogP contribution in [0.3, 0.4) is 0 Å². The zero-order valence-corrected chi connectivity index (χ0v) is 20.7. The Labute approximate surface area is 213 Å². The van der Waals surface area contributed by atoms with Crippen molar-refractivity contribution in [1.82, 2.24) is 4.90 Å². The molecule has 3 aromatic rings. The number of halogens is 2. The first-order valence-electron chi connectivity index (χ1n) is 10.1. The Bertz CT molecular complexity index is 1260. The summed E-state index contributed by atoms with van der Waals surface area (Å²) < 4.78 is 11.8. The topological polar surface area (TPSA) is 72.9 Å². The number of hydrogen-bond donors (Lipinski definition) is 0. The minimum Gasteiger partial charge on any atom is -0.490 e. The second kappa shape index (κ2) is 10.9. The highest BCUT2D eigenvalue weighted by molar-refractivity contribution is 9.10. The van der Waals surface area contributed by atoms with Crippen LogP contribution in [0.15, 0.2) is 82.2 Å². The quantitative estimate of drug-likeness (QED) is 0.189. The van der Waals surface area contributed by atoms with E-state index >= 15 is 0 Å². The molecule has 1 aliphatic rings. The average Bonchev–Trinajstić information content (AvgIpc) is 3.09. The van der Waals surface area contributed by atoms with E-state index in [9.17, 15) is 14.4 Å². The molecule has 0 bridgehead atoms. The Kier molecular flexibility index (Phi) is 7.72. The summed E-state index contributed by atoms with van der Waals surface area (Å²) in [5.41, 5.74) is 1.13. The van der Waals surface area contributed by atoms with E-state index in [2.05, 4.69) is 15.9 Å². The van der Waals surface area contributed by atoms with Crippen molar-refractivity contribution >= 4 is 62.5 Å². The molecule has 172 valence electrons. The summed E-state index contributed by atoms with van der Waals surface area (Å²) in [6, 6.07) is 20.5. The van der Waals surface area contributed by atoms with Crippen molar-refractivity contribution in [3.63, 3.8) is 0 Å². The number of benzene rings is 3. The number of amides is 2. The minimum absolute atomic E-state index is 0.109. The zero-order chi connectivity index (χ0) is 24.1. The molecule has 1 aliphatic heterocycles. The SMILES string of the molecule is O=C(Oc1ccc(/C=C2\SC(=O)N(CCOc3ccccc3Cl)C2=O)cc1)c1ccc(Br)cc1. The van der Waals surface area contributed by atoms with Gasteiger partial charge >= 0.3 is 5.97 Å². The van der Waals surface area contributed by atoms with Gasteiger partial charge in [0.2, 0.25) is 0 Å². The molecule has 1 fully saturated rings. The van der Waals surface area contributed by atoms with Crippen molar-refractivity contribution in [2.24, 2.45) is 0 Å². The van der Waals surface area contributed by atoms with Crippen molar-refractivity contribution in [2.45, 2.75) is 0 Å². The van der Waals surface area contributed by atoms with Crippen LogP contribution in [-0.4, -0.2) is 35.2 Å². The smallest absolute Gasteiger partial charge is 0.343 e. The third kappa shape index (κ3) is 5.88. The molecule has 6 nitrogen and oxygen atoms in total. The Morgan fingerprint density at radius 1 is 1.00 bits per heavy atom. The number of hydrogen-bond acceptors (Lipinski definition) is 6. The number of carbonyl (C=O) groups is 3. The molecule has 2 amide bonds. The zero-order valence-electron chi connectivity index (χ0n) is 17.6. The molecule has 34 heavy (non-hydrogen) atoms. The van der Waals surface area contributed by atoms with Crippen LogP contribution in [0, 0.1) is 0 Å². The summed E-state index contributed by atoms with van der Waals surface area (Å²) in [4.78, 5) is 38.7. The van der Waals surface area contributed by atoms with Gasteiger partial charge < -0.3 is 9.47 Å². The van der Waals surface area contributed by atoms with Gasteiger partial charge in [0.05, 0.1) is 22.0 Å². The molecule has 1 saturated heterocycles. The largest absolute Gasteiger partial charge is 0.490 e. The second-order valence-electron chi connectivity index (χ2n) is 7.08. The van der Waals surface area contributed by atoms with Crippen LogP contribution < -0.4 is 9.47 Å². The monoisotopic (exact) mass is 557 g/mol. The van der Waals surface area contributed by atoms with Gasteiger partial charge in [0.15, 0.2) is 0 Å². The highest BCUT2D eigenvalue weighted by Gasteiger charge is 2.34. The molecule has 0 atom stereocenters. The van der Waals surface area contributed by atoms with Gasteiger partial charge in [-0.2, -0.15) is 0 Å². The Morgan fingerprint density at radius 2 is 1.71 bits per heavy atom. The average molecular weight is 559 g/mol. The summed E-state index contributed by atoms with van der Waals surface area (Å²) in [7, 11) is 0. The summed E-state index contributed by atoms with van der Waals surface area (Å²) in [6.07, 6.45) is 1.63. The van der Waals surface area contributed by atoms with Gasteiger partial charge in [0, 0.05) is 4.47 Å². The molecule has 0 spiro atoms. The fraction of sp³-hybridized carbons (Fsp3) is 0.0800. The fourth-order valence-electron chi connectivity index (χ4n) is 3.04. The number of carbonyl (C=O) groups excluding carboxylic acids is 3. The van der Waals surface area contributed by atoms with Crippen LogP contribution in [0.2, 0.25) is 5.02 Å². The van der Waals surface area contributed by atoms with E-state index in [-0.39, 0.29) is 24.3 Å². The number of nitrogens with zero attached hydrogens (tertiary/aromatic N) is 1. The second-order valence-corrected chi connectivity index (χ2v) is 9.39. The van der Waals surface area contributed by atoms with Crippen molar-refractivity contribution in [1.29, 1.82) is 0 Å². The van der Waals surface area contributed by atoms with Crippen LogP contribution in [0.5, 0.6) is 11.5 Å². The van der Waals surface area contributed by atoms with Gasteiger partial charge in [0.1, 0.15) is 18.1 Å². The van der Waals surface area contributed by atoms with Crippen LogP contribution in [-0.2, 0) is 4.79 Å². The fourth-order valence-corrected chi connectivity index (χ4v) is 4.36. The van der Waals surface area contributed by atoms with Crippen molar-refractivity contribution in [2.75, 3.05) is 13.2 Å². The Hall–Kier alpha value is -3.07. The molecule has 4 rings (SSSR count). The van der Waals surface area contributed by atoms with Crippen LogP contribution >= 0.6 is 39.3 Å². The summed E-state index contributed by atoms with van der Waals surface area (Å²) in [6.45, 7) is 0.242. The Balaban J connectivity index is 1.35. The van der Waals surface area contributed by atoms with Crippen LogP contribution in [0.25, 0.3) is 6.08 Å². The maximum Gasteiger partial charge on any atom is 0.343 e. The van der Waals surface area contributed by atoms with E-state index in [4.69, 9.17) is 21.1 Å². The predicted molar refractivity (Wildman–Crippen MR) is 135 cm³/mol. The molecular formula is C25H17BrClNO5S. The van der Waals surface area contributed by atoms with Gasteiger partial charge in [-0.3, -0.25) is 14.5 Å². The first-order valence-corrected chi connectivity index (χ1v) is 12.1. The van der Waals surface area contributed by atoms with Gasteiger partial charge in [-0.1, -0.05) is 51.8 Å². The van der Waals surface area contributed by atoms with Gasteiger partial charge in [0.25, 0.3) is 11.1 Å². The molecule has 0 N–H and O–H groups in total. The number of esters is 1. The molecule has 9 heteroatoms. The molecule has 0 unspecified atom stereocenters. The van der Waals surface area contributed by atoms with Crippen molar-refractivity contribution in [3.05, 3.63) is 98.3 Å². The number of thioether (sulfide) groups is 1. The highest BCUT2D eigenvalue weighted by atomic mass is 79.9. The highest BCUT2D eigenvalue weighted by Crippen LogP contribution is 2.32. The van der Waals surface area contributed by atoms with E-state index in [0.29, 0.717) is 32.6 Å². The van der Waals surface area contributed by atoms with Gasteiger partial charge in [-0.05, 0) is 71.9 Å². The number of imide groups is 1. The first kappa shape index (κ1) is 24.1. The van der Waals surface area contributed by atoms with E-state index in [1.807, 2.05) is 0 Å². The van der Waals surface area contributed by atoms with E-state index < -0.39 is 5.97 Å². The van der Waals surface area contributed by atoms with E-state index in [1.54, 1.807) is 78.9 Å². The van der Waals surface area contributed by atoms with Gasteiger partial charge in [-0.25, -0.2) is 4.79 Å². The van der Waals surface area contributed by atoms with Crippen LogP contribution in [0.1, 0.15) is 15.9 Å². The third-order valence-electron chi connectivity index (χ3n) is 4.75. The maximum atomic E-state index is 12.7. The summed E-state index contributed by atoms with van der Waals surface area (Å²) in [5.74, 6) is 0.00591. The summed E-state index contributed by atoms with van der Waals surface area (Å²) >= 11 is 10.2. The lowest BCUT2D eigenvalue weighted by atomic mass is 10.2. The molecule has 0 radical (unpaired) electrons. The number of para-hydroxylation sites is 1. The normalized spacial score (nSPS) is 14.5. The molecule has 0 aromatic heterocycles. The Morgan fingerprint density at radius 3 is 2.41 bits per heavy atom. The van der Waals surface area contributed by atoms with Gasteiger partial charge in [-0.15, -0.1) is 0 Å². The van der Waals surface area contributed by atoms with Crippen molar-refractivity contribution in [3.8, 4) is 11.5 Å². The number of ether oxygens (including phenoxy) is 2. The number of rotatable bonds is 7. The predicted octanol–water partition coefficient (Wildman–Crippen LogP) is 6.44. The minimum atomic E-state index is -0.472. The standard InChI is InChI=1S/C25H17BrClNO5S/c26-18-9-7-17(8-10-18)24(30)33-19-11-5-16(6-12-19)15-22-23(29)28(25(31)34-22)13-14-32-21-4-2-1-3-20(21)27/h1-12,15H,13-14H2/b22-15-. The maximum absolute atomic E-state index is 12.7. The third-order valence-corrected chi connectivity index (χ3v) is 6.50. The van der Waals surface area contributed by atoms with E-state index in [0.717, 1.165) is 21.1 Å². The molecule has 1 heterocycles. The molecule has 0 saturated carbocycles. The molecular weight excluding hydrogens is 542 g/mol.